The van der Waals surface area contributed by atoms with Crippen molar-refractivity contribution in [1.29, 1.82) is 0 Å². The smallest absolute Gasteiger partial charge is 0.171 e. The molecule has 0 aliphatic rings. The highest BCUT2D eigenvalue weighted by Gasteiger charge is 2.04. The monoisotopic (exact) mass is 300 g/mol. The van der Waals surface area contributed by atoms with Gasteiger partial charge in [-0.3, -0.25) is 0 Å². The van der Waals surface area contributed by atoms with Crippen LogP contribution in [0.1, 0.15) is 5.76 Å². The number of furan rings is 1. The van der Waals surface area contributed by atoms with Crippen LogP contribution < -0.4 is 10.6 Å². The molecule has 0 saturated heterocycles. The first-order chi connectivity index (χ1) is 8.65. The minimum absolute atomic E-state index is 0.454. The highest BCUT2D eigenvalue weighted by molar-refractivity contribution is 7.80. The van der Waals surface area contributed by atoms with Crippen molar-refractivity contribution >= 4 is 46.2 Å². The number of hydrogen-bond acceptors (Lipinski definition) is 2. The second kappa shape index (κ2) is 6.09. The summed E-state index contributed by atoms with van der Waals surface area (Å²) in [6.45, 7) is 0.511. The molecule has 6 heteroatoms. The second-order valence-corrected chi connectivity index (χ2v) is 4.76. The van der Waals surface area contributed by atoms with Crippen LogP contribution >= 0.6 is 35.4 Å². The molecule has 1 aromatic heterocycles. The van der Waals surface area contributed by atoms with Crippen molar-refractivity contribution < 1.29 is 4.42 Å². The van der Waals surface area contributed by atoms with Crippen LogP contribution in [0.15, 0.2) is 41.0 Å². The van der Waals surface area contributed by atoms with E-state index in [1.165, 1.54) is 0 Å². The number of benzene rings is 1. The third kappa shape index (κ3) is 3.63. The van der Waals surface area contributed by atoms with E-state index < -0.39 is 0 Å². The molecule has 18 heavy (non-hydrogen) atoms. The van der Waals surface area contributed by atoms with Gasteiger partial charge < -0.3 is 15.1 Å². The molecule has 0 amide bonds. The highest BCUT2D eigenvalue weighted by atomic mass is 35.5. The maximum absolute atomic E-state index is 6.01. The average Bonchev–Trinajstić information content (AvgIpc) is 2.84. The topological polar surface area (TPSA) is 37.2 Å². The molecule has 1 heterocycles. The lowest BCUT2D eigenvalue weighted by molar-refractivity contribution is 0.503. The van der Waals surface area contributed by atoms with Gasteiger partial charge in [0.2, 0.25) is 0 Å². The van der Waals surface area contributed by atoms with E-state index in [0.717, 1.165) is 5.76 Å². The van der Waals surface area contributed by atoms with E-state index in [4.69, 9.17) is 39.8 Å². The predicted molar refractivity (Wildman–Crippen MR) is 78.2 cm³/mol. The number of nitrogens with one attached hydrogen (secondary N) is 2. The number of halogens is 2. The Hall–Kier alpha value is -1.23. The first-order valence-electron chi connectivity index (χ1n) is 5.17. The molecule has 0 fully saturated rings. The molecular weight excluding hydrogens is 291 g/mol. The normalized spacial score (nSPS) is 10.1. The first kappa shape index (κ1) is 13.2. The largest absolute Gasteiger partial charge is 0.467 e. The zero-order valence-corrected chi connectivity index (χ0v) is 11.6. The minimum Gasteiger partial charge on any atom is -0.467 e. The van der Waals surface area contributed by atoms with Gasteiger partial charge in [-0.05, 0) is 42.5 Å². The lowest BCUT2D eigenvalue weighted by Crippen LogP contribution is -2.27. The Morgan fingerprint density at radius 2 is 2.11 bits per heavy atom. The summed E-state index contributed by atoms with van der Waals surface area (Å²) in [5, 5.41) is 7.59. The summed E-state index contributed by atoms with van der Waals surface area (Å²) in [6.07, 6.45) is 1.61. The van der Waals surface area contributed by atoms with Crippen molar-refractivity contribution in [1.82, 2.24) is 5.32 Å². The van der Waals surface area contributed by atoms with Crippen LogP contribution in [0.25, 0.3) is 0 Å². The van der Waals surface area contributed by atoms with Crippen molar-refractivity contribution in [2.45, 2.75) is 6.54 Å². The van der Waals surface area contributed by atoms with E-state index in [-0.39, 0.29) is 0 Å². The molecule has 0 aliphatic carbocycles. The lowest BCUT2D eigenvalue weighted by Gasteiger charge is -2.11. The van der Waals surface area contributed by atoms with Gasteiger partial charge in [0.1, 0.15) is 5.76 Å². The predicted octanol–water partition coefficient (Wildman–Crippen LogP) is 4.07. The van der Waals surface area contributed by atoms with E-state index in [2.05, 4.69) is 10.6 Å². The average molecular weight is 301 g/mol. The fraction of sp³-hybridized carbons (Fsp3) is 0.0833. The zero-order chi connectivity index (χ0) is 13.0. The van der Waals surface area contributed by atoms with Gasteiger partial charge in [-0.15, -0.1) is 0 Å². The molecule has 0 radical (unpaired) electrons. The maximum atomic E-state index is 6.01. The Bertz CT molecular complexity index is 543. The second-order valence-electron chi connectivity index (χ2n) is 3.51. The molecule has 2 rings (SSSR count). The number of anilines is 1. The van der Waals surface area contributed by atoms with Crippen LogP contribution in [0.3, 0.4) is 0 Å². The van der Waals surface area contributed by atoms with Crippen molar-refractivity contribution in [2.24, 2.45) is 0 Å². The van der Waals surface area contributed by atoms with Crippen molar-refractivity contribution in [3.05, 3.63) is 52.4 Å². The molecule has 0 atom stereocenters. The Balaban J connectivity index is 1.92. The third-order valence-corrected chi connectivity index (χ3v) is 2.99. The molecule has 0 aliphatic heterocycles. The summed E-state index contributed by atoms with van der Waals surface area (Å²) in [5.41, 5.74) is 0.668. The van der Waals surface area contributed by atoms with E-state index in [0.29, 0.717) is 27.4 Å². The molecule has 0 saturated carbocycles. The van der Waals surface area contributed by atoms with E-state index >= 15 is 0 Å². The van der Waals surface area contributed by atoms with Crippen LogP contribution in [0.4, 0.5) is 5.69 Å². The molecule has 2 N–H and O–H groups in total. The van der Waals surface area contributed by atoms with Crippen LogP contribution in [0.5, 0.6) is 0 Å². The Morgan fingerprint density at radius 1 is 1.28 bits per heavy atom. The highest BCUT2D eigenvalue weighted by Crippen LogP contribution is 2.25. The molecule has 94 valence electrons. The van der Waals surface area contributed by atoms with Crippen molar-refractivity contribution in [2.75, 3.05) is 5.32 Å². The van der Waals surface area contributed by atoms with E-state index in [1.807, 2.05) is 12.1 Å². The van der Waals surface area contributed by atoms with E-state index in [1.54, 1.807) is 24.5 Å². The van der Waals surface area contributed by atoms with Gasteiger partial charge in [-0.25, -0.2) is 0 Å². The Kier molecular flexibility index (Phi) is 4.47. The van der Waals surface area contributed by atoms with Crippen LogP contribution in [0.2, 0.25) is 10.0 Å². The SMILES string of the molecule is S=C(NCc1ccco1)Nc1cc(Cl)ccc1Cl. The summed E-state index contributed by atoms with van der Waals surface area (Å²) < 4.78 is 5.18. The Labute approximate surface area is 120 Å². The molecule has 0 spiro atoms. The van der Waals surface area contributed by atoms with Crippen molar-refractivity contribution in [3.8, 4) is 0 Å². The van der Waals surface area contributed by atoms with Gasteiger partial charge in [0, 0.05) is 5.02 Å². The fourth-order valence-electron chi connectivity index (χ4n) is 1.34. The van der Waals surface area contributed by atoms with Gasteiger partial charge in [-0.2, -0.15) is 0 Å². The number of thiocarbonyl (C=S) groups is 1. The van der Waals surface area contributed by atoms with Gasteiger partial charge in [0.25, 0.3) is 0 Å². The van der Waals surface area contributed by atoms with Gasteiger partial charge in [-0.1, -0.05) is 23.2 Å². The summed E-state index contributed by atoms with van der Waals surface area (Å²) in [4.78, 5) is 0. The standard InChI is InChI=1S/C12H10Cl2N2OS/c13-8-3-4-10(14)11(6-8)16-12(18)15-7-9-2-1-5-17-9/h1-6H,7H2,(H2,15,16,18). The summed E-state index contributed by atoms with van der Waals surface area (Å²) >= 11 is 17.0. The van der Waals surface area contributed by atoms with Gasteiger partial charge in [0.05, 0.1) is 23.5 Å². The molecule has 2 aromatic rings. The van der Waals surface area contributed by atoms with E-state index in [9.17, 15) is 0 Å². The molecule has 1 aromatic carbocycles. The quantitative estimate of drug-likeness (QED) is 0.838. The first-order valence-corrected chi connectivity index (χ1v) is 6.34. The fourth-order valence-corrected chi connectivity index (χ4v) is 1.86. The third-order valence-electron chi connectivity index (χ3n) is 2.18. The molecular formula is C12H10Cl2N2OS. The summed E-state index contributed by atoms with van der Waals surface area (Å²) in [7, 11) is 0. The number of hydrogen-bond donors (Lipinski definition) is 2. The summed E-state index contributed by atoms with van der Waals surface area (Å²) in [5.74, 6) is 0.802. The zero-order valence-electron chi connectivity index (χ0n) is 9.24. The molecule has 3 nitrogen and oxygen atoms in total. The van der Waals surface area contributed by atoms with Gasteiger partial charge >= 0.3 is 0 Å². The van der Waals surface area contributed by atoms with Crippen LogP contribution in [-0.2, 0) is 6.54 Å². The van der Waals surface area contributed by atoms with Crippen molar-refractivity contribution in [3.63, 3.8) is 0 Å². The summed E-state index contributed by atoms with van der Waals surface area (Å²) in [6, 6.07) is 8.82. The van der Waals surface area contributed by atoms with Crippen LogP contribution in [-0.4, -0.2) is 5.11 Å². The maximum Gasteiger partial charge on any atom is 0.171 e. The molecule has 0 unspecified atom stereocenters. The minimum atomic E-state index is 0.454. The molecule has 0 bridgehead atoms. The van der Waals surface area contributed by atoms with Gasteiger partial charge in [0.15, 0.2) is 5.11 Å². The van der Waals surface area contributed by atoms with Crippen LogP contribution in [0, 0.1) is 0 Å². The lowest BCUT2D eigenvalue weighted by atomic mass is 10.3. The number of rotatable bonds is 3. The Morgan fingerprint density at radius 3 is 2.83 bits per heavy atom.